The van der Waals surface area contributed by atoms with Crippen LogP contribution in [-0.4, -0.2) is 96.7 Å². The van der Waals surface area contributed by atoms with Crippen molar-refractivity contribution in [1.82, 2.24) is 0 Å². The van der Waals surface area contributed by atoms with Crippen LogP contribution in [0.2, 0.25) is 0 Å². The molecule has 0 aliphatic carbocycles. The molecule has 0 amide bonds. The van der Waals surface area contributed by atoms with E-state index in [-0.39, 0.29) is 25.7 Å². The summed E-state index contributed by atoms with van der Waals surface area (Å²) in [5.74, 6) is -1.34. The van der Waals surface area contributed by atoms with Gasteiger partial charge in [-0.15, -0.1) is 0 Å². The fourth-order valence-corrected chi connectivity index (χ4v) is 13.1. The summed E-state index contributed by atoms with van der Waals surface area (Å²) in [5, 5.41) is 10.6. The Hall–Kier alpha value is -2.46. The molecular formula is C78H148O17P2. The Kier molecular flexibility index (Phi) is 68.8. The number of allylic oxidation sites excluding steroid dienone is 4. The Morgan fingerprint density at radius 3 is 0.845 bits per heavy atom. The minimum Gasteiger partial charge on any atom is -0.462 e. The van der Waals surface area contributed by atoms with Crippen molar-refractivity contribution >= 4 is 39.5 Å². The predicted octanol–water partition coefficient (Wildman–Crippen LogP) is 22.8. The summed E-state index contributed by atoms with van der Waals surface area (Å²) >= 11 is 0. The lowest BCUT2D eigenvalue weighted by atomic mass is 10.0. The van der Waals surface area contributed by atoms with E-state index in [1.54, 1.807) is 0 Å². The van der Waals surface area contributed by atoms with E-state index in [4.69, 9.17) is 37.0 Å². The quantitative estimate of drug-likeness (QED) is 0.0169. The highest BCUT2D eigenvalue weighted by atomic mass is 31.2. The molecule has 2 unspecified atom stereocenters. The average Bonchev–Trinajstić information content (AvgIpc) is 1.50. The lowest BCUT2D eigenvalue weighted by Gasteiger charge is -2.21. The highest BCUT2D eigenvalue weighted by molar-refractivity contribution is 7.47. The molecule has 0 bridgehead atoms. The van der Waals surface area contributed by atoms with Gasteiger partial charge in [-0.1, -0.05) is 335 Å². The smallest absolute Gasteiger partial charge is 0.462 e. The van der Waals surface area contributed by atoms with Crippen LogP contribution in [0, 0.1) is 5.92 Å². The van der Waals surface area contributed by atoms with E-state index in [0.717, 1.165) is 115 Å². The van der Waals surface area contributed by atoms with Gasteiger partial charge in [-0.25, -0.2) is 9.13 Å². The lowest BCUT2D eigenvalue weighted by molar-refractivity contribution is -0.161. The van der Waals surface area contributed by atoms with E-state index in [2.05, 4.69) is 58.9 Å². The number of esters is 4. The zero-order valence-corrected chi connectivity index (χ0v) is 64.5. The van der Waals surface area contributed by atoms with Crippen LogP contribution in [0.1, 0.15) is 388 Å². The molecule has 0 aromatic carbocycles. The van der Waals surface area contributed by atoms with E-state index in [1.165, 1.54) is 193 Å². The number of aliphatic hydroxyl groups excluding tert-OH is 1. The molecule has 0 aliphatic heterocycles. The summed E-state index contributed by atoms with van der Waals surface area (Å²) in [4.78, 5) is 72.9. The van der Waals surface area contributed by atoms with Gasteiger partial charge in [0.15, 0.2) is 12.2 Å². The van der Waals surface area contributed by atoms with Gasteiger partial charge in [-0.05, 0) is 57.3 Å². The number of hydrogen-bond acceptors (Lipinski definition) is 15. The van der Waals surface area contributed by atoms with Crippen molar-refractivity contribution < 1.29 is 80.2 Å². The minimum absolute atomic E-state index is 0.101. The number of ether oxygens (including phenoxy) is 4. The summed E-state index contributed by atoms with van der Waals surface area (Å²) in [6, 6.07) is 0. The van der Waals surface area contributed by atoms with Gasteiger partial charge in [-0.3, -0.25) is 37.3 Å². The minimum atomic E-state index is -4.97. The molecule has 0 saturated heterocycles. The molecule has 0 rings (SSSR count). The third-order valence-electron chi connectivity index (χ3n) is 17.7. The molecule has 572 valence electrons. The molecule has 17 nitrogen and oxygen atoms in total. The van der Waals surface area contributed by atoms with Gasteiger partial charge in [0.05, 0.1) is 26.4 Å². The molecule has 0 aromatic rings. The number of carbonyl (C=O) groups excluding carboxylic acids is 4. The average molecular weight is 1420 g/mol. The SMILES string of the molecule is CCCCCC/C=C\C=C/CCCCCCCC(=O)OC[C@H](COP(=O)(O)OC[C@@H](O)COP(=O)(O)OC[C@@H](COC(=O)CCCCCCCCCCCCCC)OC(=O)CCCCCCCCCCCCCC)OC(=O)CCCCCCCCCCCCCCCCCC(C)C. The molecule has 0 radical (unpaired) electrons. The Bertz CT molecular complexity index is 1950. The number of aliphatic hydroxyl groups is 1. The van der Waals surface area contributed by atoms with Gasteiger partial charge in [0.1, 0.15) is 19.3 Å². The molecular weight excluding hydrogens is 1270 g/mol. The van der Waals surface area contributed by atoms with Gasteiger partial charge in [0.25, 0.3) is 0 Å². The van der Waals surface area contributed by atoms with Crippen LogP contribution in [0.5, 0.6) is 0 Å². The van der Waals surface area contributed by atoms with Gasteiger partial charge in [-0.2, -0.15) is 0 Å². The number of phosphoric ester groups is 2. The lowest BCUT2D eigenvalue weighted by Crippen LogP contribution is -2.30. The normalized spacial score (nSPS) is 14.1. The van der Waals surface area contributed by atoms with Crippen molar-refractivity contribution in [1.29, 1.82) is 0 Å². The van der Waals surface area contributed by atoms with Crippen LogP contribution in [0.3, 0.4) is 0 Å². The van der Waals surface area contributed by atoms with E-state index in [1.807, 2.05) is 0 Å². The van der Waals surface area contributed by atoms with Crippen molar-refractivity contribution in [3.8, 4) is 0 Å². The Morgan fingerprint density at radius 1 is 0.320 bits per heavy atom. The van der Waals surface area contributed by atoms with E-state index < -0.39 is 97.5 Å². The molecule has 0 saturated carbocycles. The monoisotopic (exact) mass is 1420 g/mol. The van der Waals surface area contributed by atoms with Crippen LogP contribution in [0.15, 0.2) is 24.3 Å². The van der Waals surface area contributed by atoms with Crippen LogP contribution in [-0.2, 0) is 65.4 Å². The van der Waals surface area contributed by atoms with Gasteiger partial charge in [0, 0.05) is 25.7 Å². The van der Waals surface area contributed by atoms with Crippen LogP contribution in [0.4, 0.5) is 0 Å². The first-order valence-corrected chi connectivity index (χ1v) is 42.9. The number of rotatable bonds is 76. The molecule has 0 heterocycles. The van der Waals surface area contributed by atoms with Crippen molar-refractivity contribution in [3.63, 3.8) is 0 Å². The van der Waals surface area contributed by atoms with Crippen molar-refractivity contribution in [2.45, 2.75) is 406 Å². The number of carbonyl (C=O) groups is 4. The van der Waals surface area contributed by atoms with Gasteiger partial charge < -0.3 is 33.8 Å². The molecule has 97 heavy (non-hydrogen) atoms. The Morgan fingerprint density at radius 2 is 0.557 bits per heavy atom. The summed E-state index contributed by atoms with van der Waals surface area (Å²) in [6.45, 7) is 7.27. The van der Waals surface area contributed by atoms with E-state index in [0.29, 0.717) is 25.7 Å². The second-order valence-corrected chi connectivity index (χ2v) is 30.8. The largest absolute Gasteiger partial charge is 0.472 e. The molecule has 0 aromatic heterocycles. The molecule has 5 atom stereocenters. The van der Waals surface area contributed by atoms with Gasteiger partial charge >= 0.3 is 39.5 Å². The van der Waals surface area contributed by atoms with Crippen molar-refractivity contribution in [2.24, 2.45) is 5.92 Å². The van der Waals surface area contributed by atoms with Crippen molar-refractivity contribution in [2.75, 3.05) is 39.6 Å². The number of unbranched alkanes of at least 4 members (excludes halogenated alkanes) is 45. The van der Waals surface area contributed by atoms with E-state index in [9.17, 15) is 43.2 Å². The molecule has 0 spiro atoms. The summed E-state index contributed by atoms with van der Waals surface area (Å²) < 4.78 is 68.6. The van der Waals surface area contributed by atoms with Crippen LogP contribution >= 0.6 is 15.6 Å². The number of hydrogen-bond donors (Lipinski definition) is 3. The first kappa shape index (κ1) is 94.5. The fraction of sp³-hybridized carbons (Fsp3) is 0.897. The zero-order chi connectivity index (χ0) is 71.2. The Labute approximate surface area is 592 Å². The van der Waals surface area contributed by atoms with Crippen LogP contribution < -0.4 is 0 Å². The molecule has 0 aliphatic rings. The highest BCUT2D eigenvalue weighted by Crippen LogP contribution is 2.45. The summed E-state index contributed by atoms with van der Waals surface area (Å²) in [5.41, 5.74) is 0. The van der Waals surface area contributed by atoms with Crippen molar-refractivity contribution in [3.05, 3.63) is 24.3 Å². The molecule has 0 fully saturated rings. The molecule has 3 N–H and O–H groups in total. The highest BCUT2D eigenvalue weighted by Gasteiger charge is 2.30. The maximum Gasteiger partial charge on any atom is 0.472 e. The third-order valence-corrected chi connectivity index (χ3v) is 19.6. The maximum atomic E-state index is 13.1. The summed E-state index contributed by atoms with van der Waals surface area (Å²) in [7, 11) is -9.92. The molecule has 19 heteroatoms. The zero-order valence-electron chi connectivity index (χ0n) is 62.7. The maximum absolute atomic E-state index is 13.1. The van der Waals surface area contributed by atoms with E-state index >= 15 is 0 Å². The first-order valence-electron chi connectivity index (χ1n) is 40.0. The summed E-state index contributed by atoms with van der Waals surface area (Å²) in [6.07, 6.45) is 63.0. The van der Waals surface area contributed by atoms with Gasteiger partial charge in [0.2, 0.25) is 0 Å². The number of phosphoric acid groups is 2. The second kappa shape index (κ2) is 70.6. The second-order valence-electron chi connectivity index (χ2n) is 27.9. The third kappa shape index (κ3) is 71.7. The standard InChI is InChI=1S/C78H148O17P2/c1-6-9-12-15-18-21-24-27-29-33-38-42-47-52-57-62-76(81)89-68-74(95-78(83)64-59-54-49-44-39-34-31-28-30-32-35-40-45-50-55-60-71(4)5)70-93-97(86,87)91-66-72(79)65-90-96(84,85)92-69-73(94-77(82)63-58-53-48-43-37-26-23-20-17-14-11-8-3)67-88-75(80)61-56-51-46-41-36-25-22-19-16-13-10-7-2/h21,24,27,29,71-74,79H,6-20,22-23,25-26,28,30-70H2,1-5H3,(H,84,85)(H,86,87)/b24-21-,29-27-/t72-,73+,74+/m0/s1. The topological polar surface area (TPSA) is 237 Å². The first-order chi connectivity index (χ1) is 47.0. The predicted molar refractivity (Wildman–Crippen MR) is 395 cm³/mol. The Balaban J connectivity index is 5.28. The fourth-order valence-electron chi connectivity index (χ4n) is 11.5. The van der Waals surface area contributed by atoms with Crippen LogP contribution in [0.25, 0.3) is 0 Å².